The first-order valence-corrected chi connectivity index (χ1v) is 9.68. The number of hydrogen-bond donors (Lipinski definition) is 4. The molecule has 0 saturated heterocycles. The number of carboxylic acids is 1. The number of aliphatic carboxylic acids is 1. The van der Waals surface area contributed by atoms with Gasteiger partial charge in [0.15, 0.2) is 11.5 Å². The molecule has 4 N–H and O–H groups in total. The minimum Gasteiger partial charge on any atom is -0.504 e. The van der Waals surface area contributed by atoms with Crippen molar-refractivity contribution < 1.29 is 25.2 Å². The molecule has 0 aliphatic rings. The van der Waals surface area contributed by atoms with Crippen molar-refractivity contribution in [3.8, 4) is 0 Å². The van der Waals surface area contributed by atoms with Gasteiger partial charge < -0.3 is 20.4 Å². The summed E-state index contributed by atoms with van der Waals surface area (Å²) in [6.07, 6.45) is 20.4. The number of rotatable bonds is 15. The first-order chi connectivity index (χ1) is 13.0. The zero-order valence-electron chi connectivity index (χ0n) is 16.3. The van der Waals surface area contributed by atoms with Crippen molar-refractivity contribution in [2.75, 3.05) is 0 Å². The average Bonchev–Trinajstić information content (AvgIpc) is 2.63. The summed E-state index contributed by atoms with van der Waals surface area (Å²) in [4.78, 5) is 10.3. The maximum Gasteiger partial charge on any atom is 0.328 e. The van der Waals surface area contributed by atoms with Gasteiger partial charge in [-0.05, 0) is 25.0 Å². The van der Waals surface area contributed by atoms with E-state index in [0.29, 0.717) is 6.42 Å². The number of carboxylic acid groups (broad SMARTS) is 1. The third kappa shape index (κ3) is 16.9. The Kier molecular flexibility index (Phi) is 15.7. The number of aliphatic hydroxyl groups excluding tert-OH is 3. The molecule has 0 bridgehead atoms. The van der Waals surface area contributed by atoms with Gasteiger partial charge in [0, 0.05) is 6.08 Å². The van der Waals surface area contributed by atoms with E-state index in [-0.39, 0.29) is 17.6 Å². The quantitative estimate of drug-likeness (QED) is 0.130. The van der Waals surface area contributed by atoms with Gasteiger partial charge in [-0.1, -0.05) is 82.2 Å². The predicted octanol–water partition coefficient (Wildman–Crippen LogP) is 5.52. The third-order valence-electron chi connectivity index (χ3n) is 3.92. The molecule has 152 valence electrons. The Hall–Kier alpha value is -2.27. The molecule has 0 aromatic heterocycles. The van der Waals surface area contributed by atoms with Crippen LogP contribution in [0.2, 0.25) is 0 Å². The van der Waals surface area contributed by atoms with Crippen molar-refractivity contribution in [1.29, 1.82) is 0 Å². The van der Waals surface area contributed by atoms with E-state index >= 15 is 0 Å². The summed E-state index contributed by atoms with van der Waals surface area (Å²) < 4.78 is 0. The normalized spacial score (nSPS) is 14.6. The number of unbranched alkanes of at least 4 members (excludes halogenated alkanes) is 6. The van der Waals surface area contributed by atoms with Gasteiger partial charge in [-0.2, -0.15) is 0 Å². The van der Waals surface area contributed by atoms with Gasteiger partial charge in [-0.3, -0.25) is 0 Å². The Morgan fingerprint density at radius 1 is 0.815 bits per heavy atom. The van der Waals surface area contributed by atoms with Crippen LogP contribution >= 0.6 is 0 Å². The fourth-order valence-corrected chi connectivity index (χ4v) is 2.37. The molecule has 1 atom stereocenters. The Balaban J connectivity index is 4.03. The van der Waals surface area contributed by atoms with Crippen LogP contribution in [0.15, 0.2) is 60.1 Å². The molecule has 0 aliphatic carbocycles. The molecule has 0 spiro atoms. The van der Waals surface area contributed by atoms with E-state index in [9.17, 15) is 20.1 Å². The molecule has 5 heteroatoms. The molecule has 0 fully saturated rings. The molecule has 0 saturated carbocycles. The molecular formula is C22H34O5. The Morgan fingerprint density at radius 2 is 1.41 bits per heavy atom. The number of hydrogen-bond acceptors (Lipinski definition) is 4. The molecule has 0 amide bonds. The molecule has 27 heavy (non-hydrogen) atoms. The van der Waals surface area contributed by atoms with E-state index in [1.165, 1.54) is 62.5 Å². The van der Waals surface area contributed by atoms with Crippen LogP contribution in [0.3, 0.4) is 0 Å². The van der Waals surface area contributed by atoms with Crippen LogP contribution in [0.1, 0.15) is 64.7 Å². The fourth-order valence-electron chi connectivity index (χ4n) is 2.37. The summed E-state index contributed by atoms with van der Waals surface area (Å²) in [6.45, 7) is 2.20. The van der Waals surface area contributed by atoms with Crippen molar-refractivity contribution in [2.45, 2.75) is 70.8 Å². The molecule has 0 heterocycles. The highest BCUT2D eigenvalue weighted by molar-refractivity contribution is 5.80. The summed E-state index contributed by atoms with van der Waals surface area (Å²) in [5.74, 6) is -1.70. The van der Waals surface area contributed by atoms with E-state index in [1.54, 1.807) is 12.2 Å². The monoisotopic (exact) mass is 378 g/mol. The standard InChI is InChI=1S/C22H34O5/c1-2-3-4-5-6-7-9-14-19(23)15-12-13-17-21(25)20(24)16-10-8-11-18-22(26)27/h8,10-13,16-19,23-25H,2-7,9,14-15H2,1H3,(H,26,27)/b10-8?,13-12+,18-11?,20-16-,21-17+/t19-/m1/s1. The maximum atomic E-state index is 10.3. The molecular weight excluding hydrogens is 344 g/mol. The second-order valence-electron chi connectivity index (χ2n) is 6.41. The lowest BCUT2D eigenvalue weighted by Crippen LogP contribution is -2.04. The minimum atomic E-state index is -1.06. The zero-order valence-corrected chi connectivity index (χ0v) is 16.3. The van der Waals surface area contributed by atoms with Gasteiger partial charge in [0.2, 0.25) is 0 Å². The molecule has 0 unspecified atom stereocenters. The van der Waals surface area contributed by atoms with Gasteiger partial charge in [-0.25, -0.2) is 4.79 Å². The summed E-state index contributed by atoms with van der Waals surface area (Å²) in [6, 6.07) is 0. The summed E-state index contributed by atoms with van der Waals surface area (Å²) >= 11 is 0. The Labute approximate surface area is 162 Å². The van der Waals surface area contributed by atoms with Crippen molar-refractivity contribution in [1.82, 2.24) is 0 Å². The van der Waals surface area contributed by atoms with Crippen LogP contribution < -0.4 is 0 Å². The van der Waals surface area contributed by atoms with Gasteiger partial charge in [0.25, 0.3) is 0 Å². The summed E-state index contributed by atoms with van der Waals surface area (Å²) in [5, 5.41) is 37.6. The average molecular weight is 379 g/mol. The van der Waals surface area contributed by atoms with Crippen molar-refractivity contribution in [3.63, 3.8) is 0 Å². The van der Waals surface area contributed by atoms with E-state index < -0.39 is 5.97 Å². The highest BCUT2D eigenvalue weighted by Crippen LogP contribution is 2.11. The predicted molar refractivity (Wildman–Crippen MR) is 110 cm³/mol. The van der Waals surface area contributed by atoms with Crippen molar-refractivity contribution in [2.24, 2.45) is 0 Å². The number of carbonyl (C=O) groups is 1. The number of allylic oxidation sites excluding steroid dienone is 6. The van der Waals surface area contributed by atoms with Gasteiger partial charge in [0.05, 0.1) is 6.10 Å². The summed E-state index contributed by atoms with van der Waals surface area (Å²) in [5.41, 5.74) is 0. The first kappa shape index (κ1) is 24.7. The van der Waals surface area contributed by atoms with Crippen LogP contribution in [0.5, 0.6) is 0 Å². The topological polar surface area (TPSA) is 98.0 Å². The molecule has 0 aliphatic heterocycles. The molecule has 0 radical (unpaired) electrons. The Morgan fingerprint density at radius 3 is 2.04 bits per heavy atom. The SMILES string of the molecule is CCCCCCCCC[C@@H](O)C/C=C/C=C(O)\C(O)=C\C=CC=CC(=O)O. The molecule has 5 nitrogen and oxygen atoms in total. The lowest BCUT2D eigenvalue weighted by atomic mass is 10.0. The van der Waals surface area contributed by atoms with Crippen LogP contribution in [0, 0.1) is 0 Å². The van der Waals surface area contributed by atoms with Gasteiger partial charge in [0.1, 0.15) is 0 Å². The Bertz CT molecular complexity index is 541. The van der Waals surface area contributed by atoms with Gasteiger partial charge >= 0.3 is 5.97 Å². The van der Waals surface area contributed by atoms with E-state index in [4.69, 9.17) is 5.11 Å². The van der Waals surface area contributed by atoms with Crippen LogP contribution in [0.4, 0.5) is 0 Å². The van der Waals surface area contributed by atoms with Crippen LogP contribution in [-0.2, 0) is 4.79 Å². The second-order valence-corrected chi connectivity index (χ2v) is 6.41. The highest BCUT2D eigenvalue weighted by atomic mass is 16.4. The molecule has 0 aromatic carbocycles. The number of aliphatic hydroxyl groups is 3. The summed E-state index contributed by atoms with van der Waals surface area (Å²) in [7, 11) is 0. The largest absolute Gasteiger partial charge is 0.504 e. The van der Waals surface area contributed by atoms with Gasteiger partial charge in [-0.15, -0.1) is 0 Å². The van der Waals surface area contributed by atoms with E-state index in [0.717, 1.165) is 25.3 Å². The smallest absolute Gasteiger partial charge is 0.328 e. The fraction of sp³-hybridized carbons (Fsp3) is 0.500. The van der Waals surface area contributed by atoms with Crippen molar-refractivity contribution in [3.05, 3.63) is 60.1 Å². The highest BCUT2D eigenvalue weighted by Gasteiger charge is 2.01. The lowest BCUT2D eigenvalue weighted by molar-refractivity contribution is -0.131. The van der Waals surface area contributed by atoms with Crippen molar-refractivity contribution >= 4 is 5.97 Å². The molecule has 0 rings (SSSR count). The minimum absolute atomic E-state index is 0.306. The third-order valence-corrected chi connectivity index (χ3v) is 3.92. The van der Waals surface area contributed by atoms with E-state index in [2.05, 4.69) is 6.92 Å². The maximum absolute atomic E-state index is 10.3. The first-order valence-electron chi connectivity index (χ1n) is 9.68. The zero-order chi connectivity index (χ0) is 20.3. The van der Waals surface area contributed by atoms with E-state index in [1.807, 2.05) is 0 Å². The lowest BCUT2D eigenvalue weighted by Gasteiger charge is -2.07. The van der Waals surface area contributed by atoms with Crippen LogP contribution in [0.25, 0.3) is 0 Å². The molecule has 0 aromatic rings. The van der Waals surface area contributed by atoms with Crippen LogP contribution in [-0.4, -0.2) is 32.5 Å². The second kappa shape index (κ2) is 17.2.